The van der Waals surface area contributed by atoms with Crippen LogP contribution in [-0.2, 0) is 7.05 Å². The van der Waals surface area contributed by atoms with Crippen molar-refractivity contribution in [2.45, 2.75) is 0 Å². The van der Waals surface area contributed by atoms with Gasteiger partial charge in [0.1, 0.15) is 11.3 Å². The molecule has 1 aliphatic rings. The number of halogens is 2. The Morgan fingerprint density at radius 3 is 2.75 bits per heavy atom. The summed E-state index contributed by atoms with van der Waals surface area (Å²) in [6, 6.07) is 7.18. The molecule has 0 unspecified atom stereocenters. The minimum absolute atomic E-state index is 0.355. The van der Waals surface area contributed by atoms with E-state index < -0.39 is 0 Å². The standard InChI is InChI=1S/C20H18ClFN6/c1-27-11-14-6-12(8-17(22)19(14)26-27)13-7-15-16(21)9-18(25-20(15)24-10-13)28-4-2-23-3-5-28/h6-11,23H,2-5H2,1H3. The fraction of sp³-hybridized carbons (Fsp3) is 0.250. The van der Waals surface area contributed by atoms with Gasteiger partial charge in [-0.05, 0) is 23.8 Å². The van der Waals surface area contributed by atoms with Crippen molar-refractivity contribution in [3.63, 3.8) is 0 Å². The van der Waals surface area contributed by atoms with Gasteiger partial charge in [-0.15, -0.1) is 0 Å². The van der Waals surface area contributed by atoms with Gasteiger partial charge in [0.2, 0.25) is 0 Å². The third-order valence-corrected chi connectivity index (χ3v) is 5.36. The van der Waals surface area contributed by atoms with Crippen LogP contribution in [0.15, 0.2) is 36.7 Å². The van der Waals surface area contributed by atoms with E-state index in [1.807, 2.05) is 18.2 Å². The highest BCUT2D eigenvalue weighted by molar-refractivity contribution is 6.35. The number of nitrogens with zero attached hydrogens (tertiary/aromatic N) is 5. The van der Waals surface area contributed by atoms with Crippen molar-refractivity contribution in [3.05, 3.63) is 47.5 Å². The molecule has 0 radical (unpaired) electrons. The number of rotatable bonds is 2. The first-order valence-electron chi connectivity index (χ1n) is 9.14. The lowest BCUT2D eigenvalue weighted by molar-refractivity contribution is 0.585. The highest BCUT2D eigenvalue weighted by atomic mass is 35.5. The number of benzene rings is 1. The van der Waals surface area contributed by atoms with Crippen molar-refractivity contribution in [1.82, 2.24) is 25.1 Å². The average Bonchev–Trinajstić information content (AvgIpc) is 3.09. The predicted octanol–water partition coefficient (Wildman–Crippen LogP) is 3.39. The van der Waals surface area contributed by atoms with Gasteiger partial charge in [0, 0.05) is 68.0 Å². The Kier molecular flexibility index (Phi) is 4.14. The topological polar surface area (TPSA) is 58.9 Å². The molecule has 1 aromatic carbocycles. The number of aromatic nitrogens is 4. The summed E-state index contributed by atoms with van der Waals surface area (Å²) in [6.45, 7) is 3.62. The van der Waals surface area contributed by atoms with Crippen molar-refractivity contribution in [3.8, 4) is 11.1 Å². The molecule has 8 heteroatoms. The predicted molar refractivity (Wildman–Crippen MR) is 109 cm³/mol. The summed E-state index contributed by atoms with van der Waals surface area (Å²) in [5.41, 5.74) is 2.47. The molecule has 0 bridgehead atoms. The van der Waals surface area contributed by atoms with Crippen LogP contribution in [0.1, 0.15) is 0 Å². The fourth-order valence-corrected chi connectivity index (χ4v) is 3.88. The number of aryl methyl sites for hydroxylation is 1. The second-order valence-electron chi connectivity index (χ2n) is 6.99. The van der Waals surface area contributed by atoms with Gasteiger partial charge in [-0.25, -0.2) is 14.4 Å². The zero-order chi connectivity index (χ0) is 19.3. The first-order valence-corrected chi connectivity index (χ1v) is 9.51. The highest BCUT2D eigenvalue weighted by Crippen LogP contribution is 2.31. The molecule has 1 aliphatic heterocycles. The number of pyridine rings is 2. The lowest BCUT2D eigenvalue weighted by Gasteiger charge is -2.28. The van der Waals surface area contributed by atoms with Gasteiger partial charge in [-0.1, -0.05) is 11.6 Å². The van der Waals surface area contributed by atoms with Crippen LogP contribution in [0.25, 0.3) is 33.1 Å². The van der Waals surface area contributed by atoms with Crippen molar-refractivity contribution in [1.29, 1.82) is 0 Å². The van der Waals surface area contributed by atoms with E-state index in [-0.39, 0.29) is 5.82 Å². The van der Waals surface area contributed by atoms with Crippen molar-refractivity contribution < 1.29 is 4.39 Å². The Bertz CT molecular complexity index is 1200. The maximum atomic E-state index is 14.5. The Morgan fingerprint density at radius 1 is 1.11 bits per heavy atom. The van der Waals surface area contributed by atoms with Crippen molar-refractivity contribution >= 4 is 39.4 Å². The minimum Gasteiger partial charge on any atom is -0.354 e. The number of nitrogens with one attached hydrogen (secondary N) is 1. The first-order chi connectivity index (χ1) is 13.6. The molecule has 0 amide bonds. The third-order valence-electron chi connectivity index (χ3n) is 5.05. The van der Waals surface area contributed by atoms with E-state index in [1.54, 1.807) is 24.1 Å². The molecule has 0 aliphatic carbocycles. The normalized spacial score (nSPS) is 14.9. The molecular weight excluding hydrogens is 379 g/mol. The van der Waals surface area contributed by atoms with Crippen molar-refractivity contribution in [2.75, 3.05) is 31.1 Å². The number of piperazine rings is 1. The molecule has 4 heterocycles. The van der Waals surface area contributed by atoms with Crippen molar-refractivity contribution in [2.24, 2.45) is 7.05 Å². The quantitative estimate of drug-likeness (QED) is 0.563. The zero-order valence-electron chi connectivity index (χ0n) is 15.3. The summed E-state index contributed by atoms with van der Waals surface area (Å²) in [5.74, 6) is 0.480. The minimum atomic E-state index is -0.355. The number of hydrogen-bond donors (Lipinski definition) is 1. The Labute approximate surface area is 165 Å². The molecule has 4 aromatic rings. The second kappa shape index (κ2) is 6.68. The number of anilines is 1. The Hall–Kier alpha value is -2.77. The van der Waals surface area contributed by atoms with Crippen LogP contribution in [0.3, 0.4) is 0 Å². The molecule has 1 N–H and O–H groups in total. The van der Waals surface area contributed by atoms with Gasteiger partial charge >= 0.3 is 0 Å². The van der Waals surface area contributed by atoms with Crippen LogP contribution < -0.4 is 10.2 Å². The van der Waals surface area contributed by atoms with E-state index in [2.05, 4.69) is 25.3 Å². The largest absolute Gasteiger partial charge is 0.354 e. The van der Waals surface area contributed by atoms with Gasteiger partial charge < -0.3 is 10.2 Å². The smallest absolute Gasteiger partial charge is 0.163 e. The van der Waals surface area contributed by atoms with Gasteiger partial charge in [0.25, 0.3) is 0 Å². The fourth-order valence-electron chi connectivity index (χ4n) is 3.65. The van der Waals surface area contributed by atoms with Gasteiger partial charge in [-0.3, -0.25) is 4.68 Å². The first kappa shape index (κ1) is 17.3. The Morgan fingerprint density at radius 2 is 1.93 bits per heavy atom. The van der Waals surface area contributed by atoms with E-state index in [1.165, 1.54) is 6.07 Å². The summed E-state index contributed by atoms with van der Waals surface area (Å²) in [5, 5.41) is 9.57. The molecule has 28 heavy (non-hydrogen) atoms. The Balaban J connectivity index is 1.59. The molecule has 3 aromatic heterocycles. The van der Waals surface area contributed by atoms with E-state index in [4.69, 9.17) is 11.6 Å². The lowest BCUT2D eigenvalue weighted by atomic mass is 10.0. The molecule has 0 atom stereocenters. The van der Waals surface area contributed by atoms with E-state index in [0.29, 0.717) is 16.2 Å². The SMILES string of the molecule is Cn1cc2cc(-c3cnc4nc(N5CCNCC5)cc(Cl)c4c3)cc(F)c2n1. The van der Waals surface area contributed by atoms with E-state index in [0.717, 1.165) is 53.9 Å². The van der Waals surface area contributed by atoms with Gasteiger partial charge in [-0.2, -0.15) is 5.10 Å². The molecule has 0 saturated carbocycles. The summed E-state index contributed by atoms with van der Waals surface area (Å²) in [7, 11) is 1.78. The van der Waals surface area contributed by atoms with Gasteiger partial charge in [0.05, 0.1) is 5.02 Å². The summed E-state index contributed by atoms with van der Waals surface area (Å²) < 4.78 is 16.1. The summed E-state index contributed by atoms with van der Waals surface area (Å²) in [6.07, 6.45) is 3.51. The van der Waals surface area contributed by atoms with E-state index >= 15 is 0 Å². The second-order valence-corrected chi connectivity index (χ2v) is 7.40. The molecule has 1 fully saturated rings. The van der Waals surface area contributed by atoms with Crippen LogP contribution in [0.2, 0.25) is 5.02 Å². The molecule has 5 rings (SSSR count). The van der Waals surface area contributed by atoms with E-state index in [9.17, 15) is 4.39 Å². The maximum Gasteiger partial charge on any atom is 0.163 e. The van der Waals surface area contributed by atoms with Crippen LogP contribution >= 0.6 is 11.6 Å². The average molecular weight is 397 g/mol. The molecular formula is C20H18ClFN6. The van der Waals surface area contributed by atoms with Gasteiger partial charge in [0.15, 0.2) is 11.5 Å². The number of fused-ring (bicyclic) bond motifs is 2. The molecule has 1 saturated heterocycles. The van der Waals surface area contributed by atoms with Crippen LogP contribution in [-0.4, -0.2) is 45.9 Å². The number of hydrogen-bond acceptors (Lipinski definition) is 5. The summed E-state index contributed by atoms with van der Waals surface area (Å²) in [4.78, 5) is 11.4. The maximum absolute atomic E-state index is 14.5. The van der Waals surface area contributed by atoms with Crippen LogP contribution in [0, 0.1) is 5.82 Å². The zero-order valence-corrected chi connectivity index (χ0v) is 16.0. The molecule has 142 valence electrons. The third kappa shape index (κ3) is 2.96. The highest BCUT2D eigenvalue weighted by Gasteiger charge is 2.16. The lowest BCUT2D eigenvalue weighted by Crippen LogP contribution is -2.43. The van der Waals surface area contributed by atoms with Crippen LogP contribution in [0.5, 0.6) is 0 Å². The summed E-state index contributed by atoms with van der Waals surface area (Å²) >= 11 is 6.56. The van der Waals surface area contributed by atoms with Crippen LogP contribution in [0.4, 0.5) is 10.2 Å². The molecule has 6 nitrogen and oxygen atoms in total. The monoisotopic (exact) mass is 396 g/mol. The molecule has 0 spiro atoms.